The SMILES string of the molecule is C=CCC[C@H]1C(=O)C(C)(C)[C@@H](O)CC(=O)O[C@H](C(C)=Cc2ccccn2)C[C@H]2O[C@@]2(C)CCC[C@H](C)[C@@H]1O. The number of ether oxygens (including phenoxy) is 2. The number of Topliss-reactive ketones (excluding diaryl/α,β-unsaturated/α-hetero) is 1. The van der Waals surface area contributed by atoms with Gasteiger partial charge in [0.1, 0.15) is 11.9 Å². The van der Waals surface area contributed by atoms with Crippen molar-refractivity contribution in [2.75, 3.05) is 0 Å². The van der Waals surface area contributed by atoms with Crippen molar-refractivity contribution in [3.05, 3.63) is 48.3 Å². The van der Waals surface area contributed by atoms with E-state index in [9.17, 15) is 19.8 Å². The predicted octanol–water partition coefficient (Wildman–Crippen LogP) is 5.05. The van der Waals surface area contributed by atoms with Gasteiger partial charge in [-0.15, -0.1) is 6.58 Å². The van der Waals surface area contributed by atoms with Gasteiger partial charge in [-0.1, -0.05) is 39.3 Å². The van der Waals surface area contributed by atoms with Crippen LogP contribution < -0.4 is 0 Å². The van der Waals surface area contributed by atoms with Gasteiger partial charge in [-0.2, -0.15) is 0 Å². The number of hydrogen-bond donors (Lipinski definition) is 2. The molecule has 0 aliphatic carbocycles. The lowest BCUT2D eigenvalue weighted by molar-refractivity contribution is -0.154. The Morgan fingerprint density at radius 1 is 1.24 bits per heavy atom. The molecule has 7 atom stereocenters. The number of aromatic nitrogens is 1. The number of nitrogens with zero attached hydrogens (tertiary/aromatic N) is 1. The summed E-state index contributed by atoms with van der Waals surface area (Å²) in [5.41, 5.74) is 0.0338. The minimum absolute atomic E-state index is 0.0659. The fraction of sp³-hybridized carbons (Fsp3) is 0.645. The van der Waals surface area contributed by atoms with E-state index >= 15 is 0 Å². The summed E-state index contributed by atoms with van der Waals surface area (Å²) in [6, 6.07) is 5.62. The lowest BCUT2D eigenvalue weighted by Crippen LogP contribution is -2.46. The molecule has 0 bridgehead atoms. The molecule has 2 aliphatic rings. The average Bonchev–Trinajstić information content (AvgIpc) is 3.51. The molecule has 0 spiro atoms. The minimum atomic E-state index is -1.26. The maximum Gasteiger partial charge on any atom is 0.309 e. The number of hydrogen-bond acceptors (Lipinski definition) is 7. The molecular weight excluding hydrogens is 482 g/mol. The van der Waals surface area contributed by atoms with E-state index < -0.39 is 35.6 Å². The first kappa shape index (κ1) is 30.2. The molecule has 38 heavy (non-hydrogen) atoms. The van der Waals surface area contributed by atoms with Crippen LogP contribution in [0.25, 0.3) is 6.08 Å². The van der Waals surface area contributed by atoms with Gasteiger partial charge in [0.05, 0.1) is 41.4 Å². The zero-order chi connectivity index (χ0) is 28.1. The highest BCUT2D eigenvalue weighted by molar-refractivity contribution is 5.88. The molecule has 0 radical (unpaired) electrons. The Hall–Kier alpha value is -2.35. The normalized spacial score (nSPS) is 35.2. The second-order valence-electron chi connectivity index (χ2n) is 11.9. The monoisotopic (exact) mass is 527 g/mol. The van der Waals surface area contributed by atoms with Crippen molar-refractivity contribution in [1.29, 1.82) is 0 Å². The van der Waals surface area contributed by atoms with Crippen LogP contribution in [0, 0.1) is 17.3 Å². The van der Waals surface area contributed by atoms with Crippen LogP contribution in [0.15, 0.2) is 42.6 Å². The first-order valence-corrected chi connectivity index (χ1v) is 13.9. The third-order valence-electron chi connectivity index (χ3n) is 8.48. The number of esters is 1. The van der Waals surface area contributed by atoms with E-state index in [0.717, 1.165) is 30.5 Å². The van der Waals surface area contributed by atoms with Crippen molar-refractivity contribution in [2.45, 2.75) is 110 Å². The highest BCUT2D eigenvalue weighted by Gasteiger charge is 2.53. The average molecular weight is 528 g/mol. The van der Waals surface area contributed by atoms with Gasteiger partial charge in [0, 0.05) is 18.5 Å². The number of carbonyl (C=O) groups is 2. The van der Waals surface area contributed by atoms with Crippen molar-refractivity contribution in [2.24, 2.45) is 17.3 Å². The molecular formula is C31H45NO6. The zero-order valence-electron chi connectivity index (χ0n) is 23.6. The summed E-state index contributed by atoms with van der Waals surface area (Å²) >= 11 is 0. The van der Waals surface area contributed by atoms with E-state index in [2.05, 4.69) is 18.5 Å². The van der Waals surface area contributed by atoms with Crippen molar-refractivity contribution in [3.8, 4) is 0 Å². The molecule has 210 valence electrons. The van der Waals surface area contributed by atoms with Crippen molar-refractivity contribution < 1.29 is 29.3 Å². The van der Waals surface area contributed by atoms with Crippen LogP contribution in [0.5, 0.6) is 0 Å². The van der Waals surface area contributed by atoms with Crippen LogP contribution in [0.3, 0.4) is 0 Å². The quantitative estimate of drug-likeness (QED) is 0.313. The first-order chi connectivity index (χ1) is 17.9. The number of cyclic esters (lactones) is 1. The lowest BCUT2D eigenvalue weighted by Gasteiger charge is -2.36. The highest BCUT2D eigenvalue weighted by atomic mass is 16.6. The number of rotatable bonds is 5. The molecule has 2 fully saturated rings. The Balaban J connectivity index is 1.88. The number of carbonyl (C=O) groups excluding carboxylic acids is 2. The summed E-state index contributed by atoms with van der Waals surface area (Å²) in [5.74, 6) is -1.58. The fourth-order valence-electron chi connectivity index (χ4n) is 5.48. The Morgan fingerprint density at radius 2 is 1.97 bits per heavy atom. The van der Waals surface area contributed by atoms with E-state index in [4.69, 9.17) is 9.47 Å². The Bertz CT molecular complexity index is 1000. The third-order valence-corrected chi connectivity index (χ3v) is 8.48. The smallest absolute Gasteiger partial charge is 0.309 e. The number of epoxide rings is 1. The number of aliphatic hydroxyl groups is 2. The van der Waals surface area contributed by atoms with Gasteiger partial charge >= 0.3 is 5.97 Å². The van der Waals surface area contributed by atoms with E-state index in [-0.39, 0.29) is 29.8 Å². The molecule has 7 nitrogen and oxygen atoms in total. The van der Waals surface area contributed by atoms with Gasteiger partial charge in [-0.3, -0.25) is 14.6 Å². The first-order valence-electron chi connectivity index (χ1n) is 13.9. The molecule has 2 N–H and O–H groups in total. The van der Waals surface area contributed by atoms with Gasteiger partial charge < -0.3 is 19.7 Å². The van der Waals surface area contributed by atoms with Crippen molar-refractivity contribution in [3.63, 3.8) is 0 Å². The van der Waals surface area contributed by atoms with E-state index in [1.54, 1.807) is 26.1 Å². The summed E-state index contributed by atoms with van der Waals surface area (Å²) in [6.07, 6.45) is 6.22. The summed E-state index contributed by atoms with van der Waals surface area (Å²) < 4.78 is 12.0. The van der Waals surface area contributed by atoms with E-state index in [1.807, 2.05) is 38.1 Å². The number of allylic oxidation sites excluding steroid dienone is 1. The topological polar surface area (TPSA) is 109 Å². The summed E-state index contributed by atoms with van der Waals surface area (Å²) in [5, 5.41) is 22.3. The number of aliphatic hydroxyl groups excluding tert-OH is 2. The second-order valence-corrected chi connectivity index (χ2v) is 11.9. The maximum atomic E-state index is 13.7. The molecule has 0 unspecified atom stereocenters. The van der Waals surface area contributed by atoms with Gasteiger partial charge in [-0.05, 0) is 69.2 Å². The van der Waals surface area contributed by atoms with Gasteiger partial charge in [0.2, 0.25) is 0 Å². The summed E-state index contributed by atoms with van der Waals surface area (Å²) in [7, 11) is 0. The Labute approximate surface area is 227 Å². The molecule has 1 aromatic heterocycles. The molecule has 0 aromatic carbocycles. The van der Waals surface area contributed by atoms with Gasteiger partial charge in [-0.25, -0.2) is 0 Å². The number of ketones is 1. The van der Waals surface area contributed by atoms with Crippen molar-refractivity contribution >= 4 is 17.8 Å². The Kier molecular flexibility index (Phi) is 10.1. The molecule has 3 rings (SSSR count). The minimum Gasteiger partial charge on any atom is -0.458 e. The second kappa shape index (κ2) is 12.7. The molecule has 2 aliphatic heterocycles. The van der Waals surface area contributed by atoms with Crippen LogP contribution in [-0.2, 0) is 19.1 Å². The molecule has 1 aromatic rings. The van der Waals surface area contributed by atoms with Crippen LogP contribution in [0.2, 0.25) is 0 Å². The lowest BCUT2D eigenvalue weighted by atomic mass is 9.71. The summed E-state index contributed by atoms with van der Waals surface area (Å²) in [4.78, 5) is 31.1. The van der Waals surface area contributed by atoms with Gasteiger partial charge in [0.15, 0.2) is 0 Å². The molecule has 0 saturated carbocycles. The predicted molar refractivity (Wildman–Crippen MR) is 147 cm³/mol. The van der Waals surface area contributed by atoms with Crippen molar-refractivity contribution in [1.82, 2.24) is 4.98 Å². The Morgan fingerprint density at radius 3 is 2.63 bits per heavy atom. The van der Waals surface area contributed by atoms with Gasteiger partial charge in [0.25, 0.3) is 0 Å². The number of fused-ring (bicyclic) bond motifs is 1. The molecule has 7 heteroatoms. The van der Waals surface area contributed by atoms with E-state index in [0.29, 0.717) is 19.3 Å². The van der Waals surface area contributed by atoms with E-state index in [1.165, 1.54) is 0 Å². The van der Waals surface area contributed by atoms with Crippen LogP contribution in [0.4, 0.5) is 0 Å². The standard InChI is InChI=1S/C31H45NO6/c1-7-8-14-23-28(35)20(2)12-11-15-31(6)26(38-31)18-24(21(3)17-22-13-9-10-16-32-22)37-27(34)19-25(33)30(4,5)29(23)36/h7,9-10,13,16-17,20,23-26,28,33,35H,1,8,11-12,14-15,18-19H2,2-6H3/t20-,23+,24-,25-,26+,28-,31-/m0/s1. The maximum absolute atomic E-state index is 13.7. The zero-order valence-corrected chi connectivity index (χ0v) is 23.6. The molecule has 3 heterocycles. The van der Waals surface area contributed by atoms with Crippen LogP contribution in [0.1, 0.15) is 85.3 Å². The third kappa shape index (κ3) is 7.39. The molecule has 2 saturated heterocycles. The highest BCUT2D eigenvalue weighted by Crippen LogP contribution is 2.45. The summed E-state index contributed by atoms with van der Waals surface area (Å²) in [6.45, 7) is 13.0. The largest absolute Gasteiger partial charge is 0.458 e. The molecule has 0 amide bonds. The van der Waals surface area contributed by atoms with Crippen LogP contribution in [-0.4, -0.2) is 57.0 Å². The fourth-order valence-corrected chi connectivity index (χ4v) is 5.48. The number of pyridine rings is 1. The van der Waals surface area contributed by atoms with Crippen LogP contribution >= 0.6 is 0 Å².